The van der Waals surface area contributed by atoms with Gasteiger partial charge >= 0.3 is 0 Å². The third-order valence-corrected chi connectivity index (χ3v) is 6.30. The second-order valence-corrected chi connectivity index (χ2v) is 8.42. The Morgan fingerprint density at radius 3 is 2.65 bits per heavy atom. The van der Waals surface area contributed by atoms with Crippen LogP contribution in [0.4, 0.5) is 5.69 Å². The minimum Gasteiger partial charge on any atom is -0.331 e. The molecule has 0 saturated carbocycles. The largest absolute Gasteiger partial charge is 0.331 e. The lowest BCUT2D eigenvalue weighted by molar-refractivity contribution is -0.137. The van der Waals surface area contributed by atoms with Gasteiger partial charge in [0.2, 0.25) is 11.8 Å². The number of benzene rings is 2. The molecule has 1 aliphatic heterocycles. The van der Waals surface area contributed by atoms with Gasteiger partial charge in [0.05, 0.1) is 29.0 Å². The smallest absolute Gasteiger partial charge is 0.261 e. The van der Waals surface area contributed by atoms with E-state index in [0.29, 0.717) is 17.4 Å². The molecule has 7 nitrogen and oxygen atoms in total. The monoisotopic (exact) mass is 436 g/mol. The highest BCUT2D eigenvalue weighted by atomic mass is 32.2. The zero-order valence-corrected chi connectivity index (χ0v) is 18.3. The molecule has 1 aliphatic rings. The van der Waals surface area contributed by atoms with E-state index in [1.165, 1.54) is 10.9 Å². The molecule has 31 heavy (non-hydrogen) atoms. The Morgan fingerprint density at radius 2 is 1.87 bits per heavy atom. The van der Waals surface area contributed by atoms with Gasteiger partial charge in [0, 0.05) is 24.4 Å². The zero-order chi connectivity index (χ0) is 22.0. The molecule has 4 rings (SSSR count). The fraction of sp³-hybridized carbons (Fsp3) is 0.304. The van der Waals surface area contributed by atoms with Crippen molar-refractivity contribution in [1.82, 2.24) is 14.5 Å². The van der Waals surface area contributed by atoms with E-state index >= 15 is 0 Å². The van der Waals surface area contributed by atoms with Crippen molar-refractivity contribution in [2.45, 2.75) is 30.8 Å². The number of carbonyl (C=O) groups is 2. The predicted octanol–water partition coefficient (Wildman–Crippen LogP) is 2.77. The summed E-state index contributed by atoms with van der Waals surface area (Å²) in [6.45, 7) is 2.68. The summed E-state index contributed by atoms with van der Waals surface area (Å²) in [5, 5.41) is 0.530. The van der Waals surface area contributed by atoms with E-state index in [1.54, 1.807) is 39.8 Å². The average molecular weight is 437 g/mol. The van der Waals surface area contributed by atoms with Crippen molar-refractivity contribution in [2.24, 2.45) is 0 Å². The van der Waals surface area contributed by atoms with E-state index in [2.05, 4.69) is 4.98 Å². The molecule has 1 atom stereocenters. The van der Waals surface area contributed by atoms with Crippen LogP contribution in [-0.2, 0) is 16.1 Å². The van der Waals surface area contributed by atoms with Gasteiger partial charge in [-0.15, -0.1) is 11.8 Å². The van der Waals surface area contributed by atoms with Gasteiger partial charge in [-0.1, -0.05) is 24.3 Å². The Bertz CT molecular complexity index is 1190. The van der Waals surface area contributed by atoms with Crippen LogP contribution in [0.25, 0.3) is 10.9 Å². The Hall–Kier alpha value is -3.13. The number of para-hydroxylation sites is 2. The first-order chi connectivity index (χ1) is 15.0. The van der Waals surface area contributed by atoms with Crippen LogP contribution < -0.4 is 10.5 Å². The van der Waals surface area contributed by atoms with E-state index in [1.807, 2.05) is 43.5 Å². The summed E-state index contributed by atoms with van der Waals surface area (Å²) in [7, 11) is 0. The highest BCUT2D eigenvalue weighted by Crippen LogP contribution is 2.31. The third kappa shape index (κ3) is 4.20. The third-order valence-electron chi connectivity index (χ3n) is 5.52. The van der Waals surface area contributed by atoms with Crippen LogP contribution in [0.15, 0.2) is 64.5 Å². The summed E-state index contributed by atoms with van der Waals surface area (Å²) in [6, 6.07) is 14.8. The number of hydrogen-bond donors (Lipinski definition) is 0. The van der Waals surface area contributed by atoms with Crippen molar-refractivity contribution in [1.29, 1.82) is 0 Å². The van der Waals surface area contributed by atoms with Crippen LogP contribution in [-0.4, -0.2) is 51.7 Å². The molecule has 8 heteroatoms. The van der Waals surface area contributed by atoms with Gasteiger partial charge in [0.1, 0.15) is 6.54 Å². The maximum Gasteiger partial charge on any atom is 0.261 e. The first-order valence-corrected chi connectivity index (χ1v) is 11.4. The number of piperazine rings is 1. The van der Waals surface area contributed by atoms with Crippen LogP contribution in [0.2, 0.25) is 0 Å². The summed E-state index contributed by atoms with van der Waals surface area (Å²) in [4.78, 5) is 47.1. The lowest BCUT2D eigenvalue weighted by Crippen LogP contribution is -2.57. The maximum absolute atomic E-state index is 12.9. The van der Waals surface area contributed by atoms with Crippen molar-refractivity contribution in [2.75, 3.05) is 24.2 Å². The van der Waals surface area contributed by atoms with E-state index in [4.69, 9.17) is 0 Å². The normalized spacial score (nSPS) is 16.7. The van der Waals surface area contributed by atoms with Crippen molar-refractivity contribution in [3.63, 3.8) is 0 Å². The molecule has 0 unspecified atom stereocenters. The highest BCUT2D eigenvalue weighted by Gasteiger charge is 2.33. The number of aryl methyl sites for hydroxylation is 1. The number of amides is 2. The molecular formula is C23H24N4O3S. The Morgan fingerprint density at radius 1 is 1.13 bits per heavy atom. The number of rotatable bonds is 5. The summed E-state index contributed by atoms with van der Waals surface area (Å²) in [6.07, 6.45) is 3.60. The van der Waals surface area contributed by atoms with Gasteiger partial charge in [0.25, 0.3) is 5.56 Å². The van der Waals surface area contributed by atoms with E-state index in [-0.39, 0.29) is 42.9 Å². The standard InChI is InChI=1S/C23H24N4O3S/c1-16-13-26(14-22(29)27(16)19-9-5-6-10-20(19)31-2)21(28)11-12-25-15-24-18-8-4-3-7-17(18)23(25)30/h3-10,15-16H,11-14H2,1-2H3/t16-/m0/s1. The number of hydrogen-bond acceptors (Lipinski definition) is 5. The van der Waals surface area contributed by atoms with E-state index in [9.17, 15) is 14.4 Å². The molecule has 2 aromatic carbocycles. The molecule has 0 spiro atoms. The molecule has 1 saturated heterocycles. The molecule has 3 aromatic rings. The van der Waals surface area contributed by atoms with Crippen molar-refractivity contribution in [3.8, 4) is 0 Å². The SMILES string of the molecule is CSc1ccccc1N1C(=O)CN(C(=O)CCn2cnc3ccccc3c2=O)C[C@@H]1C. The van der Waals surface area contributed by atoms with Crippen LogP contribution in [0.1, 0.15) is 13.3 Å². The lowest BCUT2D eigenvalue weighted by atomic mass is 10.1. The number of fused-ring (bicyclic) bond motifs is 1. The summed E-state index contributed by atoms with van der Waals surface area (Å²) in [5.74, 6) is -0.240. The van der Waals surface area contributed by atoms with Gasteiger partial charge in [-0.3, -0.25) is 19.0 Å². The van der Waals surface area contributed by atoms with Gasteiger partial charge in [-0.2, -0.15) is 0 Å². The number of carbonyl (C=O) groups excluding carboxylic acids is 2. The zero-order valence-electron chi connectivity index (χ0n) is 17.5. The van der Waals surface area contributed by atoms with E-state index in [0.717, 1.165) is 10.6 Å². The van der Waals surface area contributed by atoms with Gasteiger partial charge in [-0.25, -0.2) is 4.98 Å². The number of nitrogens with zero attached hydrogens (tertiary/aromatic N) is 4. The Balaban J connectivity index is 1.44. The van der Waals surface area contributed by atoms with Gasteiger partial charge < -0.3 is 9.80 Å². The van der Waals surface area contributed by atoms with Crippen molar-refractivity contribution < 1.29 is 9.59 Å². The van der Waals surface area contributed by atoms with Gasteiger partial charge in [-0.05, 0) is 37.4 Å². The van der Waals surface area contributed by atoms with Crippen molar-refractivity contribution >= 4 is 40.2 Å². The molecule has 0 bridgehead atoms. The summed E-state index contributed by atoms with van der Waals surface area (Å²) in [5.41, 5.74) is 1.35. The Kier molecular flexibility index (Phi) is 6.08. The first kappa shape index (κ1) is 21.1. The predicted molar refractivity (Wildman–Crippen MR) is 122 cm³/mol. The minimum atomic E-state index is -0.165. The van der Waals surface area contributed by atoms with Crippen LogP contribution in [0.3, 0.4) is 0 Å². The van der Waals surface area contributed by atoms with Crippen LogP contribution in [0, 0.1) is 0 Å². The molecule has 160 valence electrons. The van der Waals surface area contributed by atoms with E-state index < -0.39 is 0 Å². The molecule has 0 N–H and O–H groups in total. The fourth-order valence-corrected chi connectivity index (χ4v) is 4.57. The second kappa shape index (κ2) is 8.93. The first-order valence-electron chi connectivity index (χ1n) is 10.2. The quantitative estimate of drug-likeness (QED) is 0.575. The topological polar surface area (TPSA) is 75.5 Å². The highest BCUT2D eigenvalue weighted by molar-refractivity contribution is 7.98. The average Bonchev–Trinajstić information content (AvgIpc) is 2.78. The molecular weight excluding hydrogens is 412 g/mol. The Labute approximate surface area is 184 Å². The summed E-state index contributed by atoms with van der Waals surface area (Å²) >= 11 is 1.60. The number of thioether (sulfide) groups is 1. The summed E-state index contributed by atoms with van der Waals surface area (Å²) < 4.78 is 1.45. The van der Waals surface area contributed by atoms with Gasteiger partial charge in [0.15, 0.2) is 0 Å². The lowest BCUT2D eigenvalue weighted by Gasteiger charge is -2.40. The minimum absolute atomic E-state index is 0.0385. The number of aromatic nitrogens is 2. The van der Waals surface area contributed by atoms with Crippen molar-refractivity contribution in [3.05, 3.63) is 65.2 Å². The molecule has 0 radical (unpaired) electrons. The maximum atomic E-state index is 12.9. The molecule has 2 amide bonds. The molecule has 2 heterocycles. The number of anilines is 1. The second-order valence-electron chi connectivity index (χ2n) is 7.57. The molecule has 1 fully saturated rings. The molecule has 0 aliphatic carbocycles. The van der Waals surface area contributed by atoms with Crippen LogP contribution in [0.5, 0.6) is 0 Å². The van der Waals surface area contributed by atoms with Crippen LogP contribution >= 0.6 is 11.8 Å². The fourth-order valence-electron chi connectivity index (χ4n) is 3.98. The molecule has 1 aromatic heterocycles.